The van der Waals surface area contributed by atoms with Gasteiger partial charge in [-0.05, 0) is 19.1 Å². The van der Waals surface area contributed by atoms with Crippen LogP contribution in [0, 0.1) is 0 Å². The Morgan fingerprint density at radius 1 is 1.42 bits per heavy atom. The number of fused-ring (bicyclic) bond motifs is 1. The number of halogens is 4. The third-order valence-corrected chi connectivity index (χ3v) is 5.12. The molecule has 3 N–H and O–H groups in total. The number of furan rings is 1. The Labute approximate surface area is 175 Å². The topological polar surface area (TPSA) is 87.4 Å². The van der Waals surface area contributed by atoms with Crippen molar-refractivity contribution >= 4 is 86.2 Å². The molecule has 142 valence electrons. The highest BCUT2D eigenvalue weighted by atomic mass is 35.5. The summed E-state index contributed by atoms with van der Waals surface area (Å²) in [6.45, 7) is 2.02. The average molecular weight is 459 g/mol. The van der Waals surface area contributed by atoms with Gasteiger partial charge in [0.25, 0.3) is 0 Å². The second kappa shape index (κ2) is 9.53. The van der Waals surface area contributed by atoms with Crippen molar-refractivity contribution in [1.29, 1.82) is 0 Å². The van der Waals surface area contributed by atoms with Crippen molar-refractivity contribution < 1.29 is 14.3 Å². The molecule has 3 heterocycles. The second-order valence-electron chi connectivity index (χ2n) is 5.05. The van der Waals surface area contributed by atoms with Crippen molar-refractivity contribution in [2.75, 3.05) is 10.6 Å². The average Bonchev–Trinajstić information content (AvgIpc) is 3.15. The molecule has 3 rings (SSSR count). The number of thiophene rings is 1. The molecule has 0 saturated carbocycles. The van der Waals surface area contributed by atoms with E-state index in [0.717, 1.165) is 16.1 Å². The maximum atomic E-state index is 11.0. The zero-order chi connectivity index (χ0) is 17.3. The van der Waals surface area contributed by atoms with E-state index >= 15 is 0 Å². The minimum absolute atomic E-state index is 0. The molecule has 26 heavy (non-hydrogen) atoms. The Morgan fingerprint density at radius 3 is 2.77 bits per heavy atom. The zero-order valence-corrected chi connectivity index (χ0v) is 17.2. The quantitative estimate of drug-likeness (QED) is 0.420. The van der Waals surface area contributed by atoms with E-state index in [1.54, 1.807) is 19.3 Å². The number of anilines is 2. The first-order valence-corrected chi connectivity index (χ1v) is 8.57. The number of carboxylic acid groups (broad SMARTS) is 1. The lowest BCUT2D eigenvalue weighted by Crippen LogP contribution is -2.24. The summed E-state index contributed by atoms with van der Waals surface area (Å²) in [4.78, 5) is 15.3. The monoisotopic (exact) mass is 457 g/mol. The van der Waals surface area contributed by atoms with Crippen molar-refractivity contribution in [3.63, 3.8) is 0 Å². The number of rotatable bonds is 6. The highest BCUT2D eigenvalue weighted by Gasteiger charge is 2.19. The Balaban J connectivity index is 0.00000169. The normalized spacial score (nSPS) is 11.3. The molecule has 11 heteroatoms. The number of carboxylic acids is 1. The van der Waals surface area contributed by atoms with Crippen LogP contribution in [0.2, 0.25) is 10.2 Å². The summed E-state index contributed by atoms with van der Waals surface area (Å²) in [5, 5.41) is 16.3. The number of nitrogens with one attached hydrogen (secondary N) is 2. The molecule has 1 atom stereocenters. The summed E-state index contributed by atoms with van der Waals surface area (Å²) >= 11 is 13.7. The number of hydrogen-bond donors (Lipinski definition) is 3. The highest BCUT2D eigenvalue weighted by molar-refractivity contribution is 7.24. The minimum atomic E-state index is -0.967. The summed E-state index contributed by atoms with van der Waals surface area (Å²) in [7, 11) is 0. The van der Waals surface area contributed by atoms with Gasteiger partial charge < -0.3 is 20.2 Å². The van der Waals surface area contributed by atoms with E-state index in [2.05, 4.69) is 15.6 Å². The summed E-state index contributed by atoms with van der Waals surface area (Å²) in [5.41, 5.74) is 1.28. The lowest BCUT2D eigenvalue weighted by atomic mass is 10.3. The van der Waals surface area contributed by atoms with Crippen LogP contribution in [0.15, 0.2) is 28.9 Å². The molecular weight excluding hydrogens is 444 g/mol. The predicted octanol–water partition coefficient (Wildman–Crippen LogP) is 5.54. The van der Waals surface area contributed by atoms with E-state index in [-0.39, 0.29) is 24.8 Å². The smallest absolute Gasteiger partial charge is 0.325 e. The molecule has 6 nitrogen and oxygen atoms in total. The molecule has 0 radical (unpaired) electrons. The van der Waals surface area contributed by atoms with Crippen LogP contribution in [0.25, 0.3) is 10.2 Å². The van der Waals surface area contributed by atoms with Crippen molar-refractivity contribution in [2.24, 2.45) is 0 Å². The highest BCUT2D eigenvalue weighted by Crippen LogP contribution is 2.43. The van der Waals surface area contributed by atoms with Crippen LogP contribution in [-0.4, -0.2) is 22.1 Å². The summed E-state index contributed by atoms with van der Waals surface area (Å²) in [5.74, 6) is -0.192. The van der Waals surface area contributed by atoms with Gasteiger partial charge in [-0.15, -0.1) is 36.2 Å². The van der Waals surface area contributed by atoms with Crippen molar-refractivity contribution in [2.45, 2.75) is 19.5 Å². The van der Waals surface area contributed by atoms with Gasteiger partial charge in [0.15, 0.2) is 0 Å². The lowest BCUT2D eigenvalue weighted by molar-refractivity contribution is -0.137. The molecule has 0 bridgehead atoms. The summed E-state index contributed by atoms with van der Waals surface area (Å²) < 4.78 is 6.08. The first kappa shape index (κ1) is 22.7. The molecule has 0 aromatic carbocycles. The van der Waals surface area contributed by atoms with Crippen LogP contribution < -0.4 is 10.6 Å². The standard InChI is InChI=1S/C15H13Cl2N3O3S.2ClH/c1-7(15(21)22)19-14-11(17)12-13(24-14)9(5-10(16)20-12)18-6-8-3-2-4-23-8;;/h2-5,7,19H,6H2,1H3,(H,18,20)(H,21,22);2*1H/t7-;;/m1../s1. The van der Waals surface area contributed by atoms with Gasteiger partial charge in [-0.2, -0.15) is 0 Å². The fourth-order valence-electron chi connectivity index (χ4n) is 2.09. The van der Waals surface area contributed by atoms with Gasteiger partial charge >= 0.3 is 5.97 Å². The van der Waals surface area contributed by atoms with Crippen LogP contribution in [0.4, 0.5) is 10.7 Å². The van der Waals surface area contributed by atoms with Crippen molar-refractivity contribution in [1.82, 2.24) is 4.98 Å². The number of aliphatic carboxylic acids is 1. The van der Waals surface area contributed by atoms with Crippen LogP contribution >= 0.6 is 59.4 Å². The van der Waals surface area contributed by atoms with Crippen LogP contribution in [0.3, 0.4) is 0 Å². The number of pyridine rings is 1. The van der Waals surface area contributed by atoms with E-state index in [1.165, 1.54) is 11.3 Å². The van der Waals surface area contributed by atoms with Gasteiger partial charge in [0.05, 0.1) is 23.2 Å². The van der Waals surface area contributed by atoms with E-state index < -0.39 is 12.0 Å². The minimum Gasteiger partial charge on any atom is -0.480 e. The molecule has 3 aromatic rings. The fourth-order valence-corrected chi connectivity index (χ4v) is 3.75. The Morgan fingerprint density at radius 2 is 2.15 bits per heavy atom. The molecule has 0 aliphatic heterocycles. The van der Waals surface area contributed by atoms with Gasteiger partial charge in [-0.1, -0.05) is 23.2 Å². The molecule has 0 fully saturated rings. The van der Waals surface area contributed by atoms with Crippen LogP contribution in [-0.2, 0) is 11.3 Å². The number of aromatic nitrogens is 1. The summed E-state index contributed by atoms with van der Waals surface area (Å²) in [6.07, 6.45) is 1.60. The third kappa shape index (κ3) is 4.86. The molecule has 0 amide bonds. The van der Waals surface area contributed by atoms with Gasteiger partial charge in [0.1, 0.15) is 32.5 Å². The Bertz CT molecular complexity index is 886. The molecule has 0 spiro atoms. The second-order valence-corrected chi connectivity index (χ2v) is 6.84. The number of nitrogens with zero attached hydrogens (tertiary/aromatic N) is 1. The van der Waals surface area contributed by atoms with Crippen molar-refractivity contribution in [3.05, 3.63) is 40.4 Å². The molecule has 0 saturated heterocycles. The summed E-state index contributed by atoms with van der Waals surface area (Å²) in [6, 6.07) is 4.59. The number of hydrogen-bond acceptors (Lipinski definition) is 6. The first-order chi connectivity index (χ1) is 11.5. The van der Waals surface area contributed by atoms with Gasteiger partial charge in [-0.25, -0.2) is 4.98 Å². The molecular formula is C15H15Cl4N3O3S. The van der Waals surface area contributed by atoms with E-state index in [0.29, 0.717) is 27.2 Å². The molecule has 0 aliphatic carbocycles. The van der Waals surface area contributed by atoms with Gasteiger partial charge in [0.2, 0.25) is 0 Å². The maximum absolute atomic E-state index is 11.0. The van der Waals surface area contributed by atoms with Gasteiger partial charge in [0, 0.05) is 6.07 Å². The fraction of sp³-hybridized carbons (Fsp3) is 0.200. The Hall–Kier alpha value is -1.38. The third-order valence-electron chi connectivity index (χ3n) is 3.30. The first-order valence-electron chi connectivity index (χ1n) is 7.00. The van der Waals surface area contributed by atoms with Gasteiger partial charge in [-0.3, -0.25) is 4.79 Å². The van der Waals surface area contributed by atoms with E-state index in [1.807, 2.05) is 12.1 Å². The van der Waals surface area contributed by atoms with Crippen LogP contribution in [0.5, 0.6) is 0 Å². The SMILES string of the molecule is C[C@@H](Nc1sc2c(NCc3ccco3)cc(Cl)nc2c1Cl)C(=O)O.Cl.Cl. The number of carbonyl (C=O) groups is 1. The molecule has 0 aliphatic rings. The van der Waals surface area contributed by atoms with Crippen LogP contribution in [0.1, 0.15) is 12.7 Å². The lowest BCUT2D eigenvalue weighted by Gasteiger charge is -2.08. The molecule has 3 aromatic heterocycles. The molecule has 0 unspecified atom stereocenters. The predicted molar refractivity (Wildman–Crippen MR) is 111 cm³/mol. The Kier molecular flexibility index (Phi) is 8.30. The van der Waals surface area contributed by atoms with Crippen molar-refractivity contribution in [3.8, 4) is 0 Å². The zero-order valence-electron chi connectivity index (χ0n) is 13.3. The van der Waals surface area contributed by atoms with E-state index in [4.69, 9.17) is 32.7 Å². The maximum Gasteiger partial charge on any atom is 0.325 e. The largest absolute Gasteiger partial charge is 0.480 e. The van der Waals surface area contributed by atoms with E-state index in [9.17, 15) is 4.79 Å².